The molecule has 0 aromatic rings. The molecule has 1 aliphatic heterocycles. The van der Waals surface area contributed by atoms with Gasteiger partial charge in [-0.1, -0.05) is 0 Å². The Bertz CT molecular complexity index is 162. The predicted octanol–water partition coefficient (Wildman–Crippen LogP) is -0.546. The second-order valence-electron chi connectivity index (χ2n) is 2.54. The van der Waals surface area contributed by atoms with Crippen molar-refractivity contribution >= 4 is 7.60 Å². The van der Waals surface area contributed by atoms with Gasteiger partial charge >= 0.3 is 7.60 Å². The van der Waals surface area contributed by atoms with E-state index in [4.69, 9.17) is 14.5 Å². The Kier molecular flexibility index (Phi) is 3.04. The van der Waals surface area contributed by atoms with Crippen LogP contribution in [0.5, 0.6) is 0 Å². The summed E-state index contributed by atoms with van der Waals surface area (Å²) in [4.78, 5) is 18.9. The third-order valence-corrected chi connectivity index (χ3v) is 2.26. The number of hydrogen-bond donors (Lipinski definition) is 2. The molecular weight excluding hydrogens is 169 g/mol. The van der Waals surface area contributed by atoms with E-state index in [2.05, 4.69) is 0 Å². The zero-order valence-electron chi connectivity index (χ0n) is 6.14. The standard InChI is InChI=1S/C5H12NO4P/c7-11(8,9)5-6-1-3-10-4-2-6/h1-5H2,(H2,7,8,9). The molecule has 0 unspecified atom stereocenters. The molecule has 0 radical (unpaired) electrons. The average Bonchev–Trinajstić information content (AvgIpc) is 1.85. The maximum atomic E-state index is 10.5. The van der Waals surface area contributed by atoms with Crippen LogP contribution in [0, 0.1) is 0 Å². The lowest BCUT2D eigenvalue weighted by atomic mass is 10.5. The highest BCUT2D eigenvalue weighted by Gasteiger charge is 2.20. The molecule has 0 aliphatic carbocycles. The average molecular weight is 181 g/mol. The topological polar surface area (TPSA) is 70.0 Å². The lowest BCUT2D eigenvalue weighted by Gasteiger charge is -2.26. The Morgan fingerprint density at radius 3 is 2.36 bits per heavy atom. The van der Waals surface area contributed by atoms with Crippen LogP contribution in [0.25, 0.3) is 0 Å². The van der Waals surface area contributed by atoms with Crippen molar-refractivity contribution < 1.29 is 19.1 Å². The number of ether oxygens (including phenoxy) is 1. The molecule has 0 bridgehead atoms. The lowest BCUT2D eigenvalue weighted by Crippen LogP contribution is -2.36. The molecule has 1 saturated heterocycles. The van der Waals surface area contributed by atoms with Gasteiger partial charge in [-0.05, 0) is 0 Å². The Hall–Kier alpha value is 0.0700. The first-order valence-corrected chi connectivity index (χ1v) is 5.22. The Morgan fingerprint density at radius 2 is 1.91 bits per heavy atom. The van der Waals surface area contributed by atoms with E-state index in [-0.39, 0.29) is 6.29 Å². The van der Waals surface area contributed by atoms with Crippen LogP contribution >= 0.6 is 7.60 Å². The summed E-state index contributed by atoms with van der Waals surface area (Å²) in [5.74, 6) is 0. The first-order chi connectivity index (χ1) is 5.08. The third-order valence-electron chi connectivity index (χ3n) is 1.49. The summed E-state index contributed by atoms with van der Waals surface area (Å²) < 4.78 is 15.5. The van der Waals surface area contributed by atoms with Gasteiger partial charge in [0, 0.05) is 13.1 Å². The largest absolute Gasteiger partial charge is 0.379 e. The molecule has 66 valence electrons. The van der Waals surface area contributed by atoms with Gasteiger partial charge in [-0.25, -0.2) is 0 Å². The van der Waals surface area contributed by atoms with Crippen LogP contribution in [-0.2, 0) is 9.30 Å². The first kappa shape index (κ1) is 9.16. The van der Waals surface area contributed by atoms with E-state index in [9.17, 15) is 4.57 Å². The second kappa shape index (κ2) is 3.65. The molecule has 1 fully saturated rings. The van der Waals surface area contributed by atoms with E-state index in [1.54, 1.807) is 4.90 Å². The molecular formula is C5H12NO4P. The zero-order chi connectivity index (χ0) is 8.32. The van der Waals surface area contributed by atoms with Crippen LogP contribution < -0.4 is 0 Å². The molecule has 0 atom stereocenters. The quantitative estimate of drug-likeness (QED) is 0.559. The molecule has 1 rings (SSSR count). The van der Waals surface area contributed by atoms with Gasteiger partial charge in [0.1, 0.15) is 6.29 Å². The van der Waals surface area contributed by atoms with Gasteiger partial charge < -0.3 is 14.5 Å². The fourth-order valence-corrected chi connectivity index (χ4v) is 1.81. The van der Waals surface area contributed by atoms with Crippen molar-refractivity contribution in [2.24, 2.45) is 0 Å². The zero-order valence-corrected chi connectivity index (χ0v) is 7.04. The Morgan fingerprint density at radius 1 is 1.36 bits per heavy atom. The maximum absolute atomic E-state index is 10.5. The second-order valence-corrected chi connectivity index (χ2v) is 4.15. The first-order valence-electron chi connectivity index (χ1n) is 3.42. The van der Waals surface area contributed by atoms with Crippen molar-refractivity contribution in [3.05, 3.63) is 0 Å². The maximum Gasteiger partial charge on any atom is 0.339 e. The molecule has 0 amide bonds. The highest BCUT2D eigenvalue weighted by Crippen LogP contribution is 2.34. The Labute approximate surface area is 65.1 Å². The summed E-state index contributed by atoms with van der Waals surface area (Å²) in [6.07, 6.45) is -0.143. The van der Waals surface area contributed by atoms with Crippen molar-refractivity contribution in [1.29, 1.82) is 0 Å². The molecule has 6 heteroatoms. The summed E-state index contributed by atoms with van der Waals surface area (Å²) >= 11 is 0. The van der Waals surface area contributed by atoms with E-state index in [1.165, 1.54) is 0 Å². The van der Waals surface area contributed by atoms with Gasteiger partial charge in [0.05, 0.1) is 13.2 Å². The number of morpholine rings is 1. The molecule has 11 heavy (non-hydrogen) atoms. The minimum atomic E-state index is -3.86. The van der Waals surface area contributed by atoms with E-state index >= 15 is 0 Å². The van der Waals surface area contributed by atoms with E-state index in [0.717, 1.165) is 0 Å². The van der Waals surface area contributed by atoms with Crippen LogP contribution in [-0.4, -0.2) is 47.3 Å². The fourth-order valence-electron chi connectivity index (χ4n) is 1.00. The number of hydrogen-bond acceptors (Lipinski definition) is 3. The number of rotatable bonds is 2. The van der Waals surface area contributed by atoms with E-state index < -0.39 is 7.60 Å². The molecule has 0 aromatic heterocycles. The SMILES string of the molecule is O=P(O)(O)CN1CCOCC1. The van der Waals surface area contributed by atoms with Crippen molar-refractivity contribution in [1.82, 2.24) is 4.90 Å². The van der Waals surface area contributed by atoms with Gasteiger partial charge in [-0.2, -0.15) is 0 Å². The van der Waals surface area contributed by atoms with Crippen molar-refractivity contribution in [3.8, 4) is 0 Å². The molecule has 2 N–H and O–H groups in total. The molecule has 0 saturated carbocycles. The predicted molar refractivity (Wildman–Crippen MR) is 39.3 cm³/mol. The minimum absolute atomic E-state index is 0.143. The highest BCUT2D eigenvalue weighted by molar-refractivity contribution is 7.51. The molecule has 1 aliphatic rings. The molecule has 0 spiro atoms. The van der Waals surface area contributed by atoms with Gasteiger partial charge in [0.15, 0.2) is 0 Å². The smallest absolute Gasteiger partial charge is 0.339 e. The normalized spacial score (nSPS) is 22.0. The lowest BCUT2D eigenvalue weighted by molar-refractivity contribution is 0.0440. The van der Waals surface area contributed by atoms with Crippen molar-refractivity contribution in [2.45, 2.75) is 0 Å². The van der Waals surface area contributed by atoms with Crippen LogP contribution in [0.15, 0.2) is 0 Å². The van der Waals surface area contributed by atoms with Crippen LogP contribution in [0.4, 0.5) is 0 Å². The van der Waals surface area contributed by atoms with Crippen LogP contribution in [0.3, 0.4) is 0 Å². The van der Waals surface area contributed by atoms with Crippen molar-refractivity contribution in [2.75, 3.05) is 32.6 Å². The van der Waals surface area contributed by atoms with E-state index in [1.807, 2.05) is 0 Å². The monoisotopic (exact) mass is 181 g/mol. The molecule has 5 nitrogen and oxygen atoms in total. The third kappa shape index (κ3) is 3.84. The van der Waals surface area contributed by atoms with Gasteiger partial charge in [-0.3, -0.25) is 9.46 Å². The number of nitrogens with zero attached hydrogens (tertiary/aromatic N) is 1. The van der Waals surface area contributed by atoms with Crippen LogP contribution in [0.2, 0.25) is 0 Å². The summed E-state index contributed by atoms with van der Waals surface area (Å²) in [7, 11) is -3.86. The molecule has 1 heterocycles. The highest BCUT2D eigenvalue weighted by atomic mass is 31.2. The summed E-state index contributed by atoms with van der Waals surface area (Å²) in [5.41, 5.74) is 0. The summed E-state index contributed by atoms with van der Waals surface area (Å²) in [6, 6.07) is 0. The van der Waals surface area contributed by atoms with Crippen LogP contribution in [0.1, 0.15) is 0 Å². The molecule has 0 aromatic carbocycles. The summed E-state index contributed by atoms with van der Waals surface area (Å²) in [6.45, 7) is 2.37. The van der Waals surface area contributed by atoms with Gasteiger partial charge in [0.25, 0.3) is 0 Å². The Balaban J connectivity index is 2.30. The van der Waals surface area contributed by atoms with Gasteiger partial charge in [-0.15, -0.1) is 0 Å². The minimum Gasteiger partial charge on any atom is -0.379 e. The van der Waals surface area contributed by atoms with Crippen molar-refractivity contribution in [3.63, 3.8) is 0 Å². The van der Waals surface area contributed by atoms with E-state index in [0.29, 0.717) is 26.3 Å². The van der Waals surface area contributed by atoms with Gasteiger partial charge in [0.2, 0.25) is 0 Å². The fraction of sp³-hybridized carbons (Fsp3) is 1.00. The summed E-state index contributed by atoms with van der Waals surface area (Å²) in [5, 5.41) is 0.